The highest BCUT2D eigenvalue weighted by Crippen LogP contribution is 2.08. The summed E-state index contributed by atoms with van der Waals surface area (Å²) in [5, 5.41) is 14.9. The van der Waals surface area contributed by atoms with Gasteiger partial charge in [0.25, 0.3) is 5.91 Å². The average molecular weight is 298 g/mol. The van der Waals surface area contributed by atoms with Crippen molar-refractivity contribution in [1.82, 2.24) is 10.1 Å². The molecule has 1 heterocycles. The number of aromatic nitrogens is 1. The molecule has 0 saturated carbocycles. The molecule has 0 spiro atoms. The molecular formula is C15H14N4O3. The van der Waals surface area contributed by atoms with E-state index in [9.17, 15) is 9.59 Å². The Morgan fingerprint density at radius 2 is 2.05 bits per heavy atom. The zero-order valence-corrected chi connectivity index (χ0v) is 12.2. The lowest BCUT2D eigenvalue weighted by atomic mass is 10.1. The predicted molar refractivity (Wildman–Crippen MR) is 78.0 cm³/mol. The molecule has 1 N–H and O–H groups in total. The highest BCUT2D eigenvalue weighted by Gasteiger charge is 2.15. The highest BCUT2D eigenvalue weighted by atomic mass is 16.5. The molecule has 0 atom stereocenters. The number of hydrogen-bond acceptors (Lipinski definition) is 5. The Kier molecular flexibility index (Phi) is 4.53. The summed E-state index contributed by atoms with van der Waals surface area (Å²) < 4.78 is 4.84. The summed E-state index contributed by atoms with van der Waals surface area (Å²) in [4.78, 5) is 25.3. The lowest BCUT2D eigenvalue weighted by Crippen LogP contribution is -2.35. The second kappa shape index (κ2) is 6.54. The molecule has 1 aromatic carbocycles. The van der Waals surface area contributed by atoms with Gasteiger partial charge in [0.05, 0.1) is 18.2 Å². The molecule has 0 saturated heterocycles. The number of carbonyl (C=O) groups excluding carboxylic acids is 2. The molecule has 0 radical (unpaired) electrons. The third-order valence-corrected chi connectivity index (χ3v) is 2.88. The Bertz CT molecular complexity index is 728. The van der Waals surface area contributed by atoms with Gasteiger partial charge in [0.15, 0.2) is 5.82 Å². The molecule has 0 aliphatic rings. The number of aryl methyl sites for hydroxylation is 1. The van der Waals surface area contributed by atoms with Crippen LogP contribution in [0.1, 0.15) is 21.7 Å². The number of hydrogen-bond donors (Lipinski definition) is 1. The number of nitrogens with one attached hydrogen (secondary N) is 1. The molecule has 0 bridgehead atoms. The molecule has 2 amide bonds. The molecule has 7 heteroatoms. The summed E-state index contributed by atoms with van der Waals surface area (Å²) in [6.07, 6.45) is 0. The van der Waals surface area contributed by atoms with Crippen LogP contribution >= 0.6 is 0 Å². The SMILES string of the molecule is Cc1cc(NC(=O)CN(C)C(=O)c2ccc(C#N)cc2)no1. The van der Waals surface area contributed by atoms with Crippen LogP contribution in [-0.2, 0) is 4.79 Å². The van der Waals surface area contributed by atoms with Crippen molar-refractivity contribution in [1.29, 1.82) is 5.26 Å². The van der Waals surface area contributed by atoms with E-state index in [0.717, 1.165) is 0 Å². The van der Waals surface area contributed by atoms with Crippen molar-refractivity contribution in [3.8, 4) is 6.07 Å². The maximum atomic E-state index is 12.2. The van der Waals surface area contributed by atoms with E-state index in [-0.39, 0.29) is 18.4 Å². The summed E-state index contributed by atoms with van der Waals surface area (Å²) in [5.74, 6) is 0.202. The maximum Gasteiger partial charge on any atom is 0.254 e. The molecule has 2 rings (SSSR count). The number of likely N-dealkylation sites (N-methyl/N-ethyl adjacent to an activating group) is 1. The van der Waals surface area contributed by atoms with Crippen LogP contribution in [0.2, 0.25) is 0 Å². The van der Waals surface area contributed by atoms with Crippen LogP contribution in [0, 0.1) is 18.3 Å². The zero-order valence-electron chi connectivity index (χ0n) is 12.2. The average Bonchev–Trinajstić information content (AvgIpc) is 2.91. The van der Waals surface area contributed by atoms with Gasteiger partial charge in [-0.15, -0.1) is 0 Å². The van der Waals surface area contributed by atoms with Gasteiger partial charge in [-0.2, -0.15) is 5.26 Å². The van der Waals surface area contributed by atoms with Gasteiger partial charge in [-0.3, -0.25) is 9.59 Å². The fourth-order valence-corrected chi connectivity index (χ4v) is 1.80. The van der Waals surface area contributed by atoms with Crippen molar-refractivity contribution in [3.63, 3.8) is 0 Å². The normalized spacial score (nSPS) is 9.86. The van der Waals surface area contributed by atoms with Crippen LogP contribution in [0.15, 0.2) is 34.9 Å². The van der Waals surface area contributed by atoms with E-state index in [1.165, 1.54) is 11.9 Å². The van der Waals surface area contributed by atoms with Gasteiger partial charge in [0, 0.05) is 18.7 Å². The number of benzene rings is 1. The molecule has 0 aliphatic heterocycles. The second-order valence-electron chi connectivity index (χ2n) is 4.72. The van der Waals surface area contributed by atoms with E-state index in [1.54, 1.807) is 37.3 Å². The van der Waals surface area contributed by atoms with Crippen LogP contribution in [0.4, 0.5) is 5.82 Å². The Morgan fingerprint density at radius 1 is 1.36 bits per heavy atom. The van der Waals surface area contributed by atoms with Gasteiger partial charge >= 0.3 is 0 Å². The van der Waals surface area contributed by atoms with E-state index < -0.39 is 0 Å². The van der Waals surface area contributed by atoms with Crippen molar-refractivity contribution in [2.45, 2.75) is 6.92 Å². The van der Waals surface area contributed by atoms with Crippen LogP contribution < -0.4 is 5.32 Å². The fourth-order valence-electron chi connectivity index (χ4n) is 1.80. The zero-order chi connectivity index (χ0) is 16.1. The Morgan fingerprint density at radius 3 is 2.59 bits per heavy atom. The van der Waals surface area contributed by atoms with Crippen molar-refractivity contribution in [2.75, 3.05) is 18.9 Å². The molecule has 0 fully saturated rings. The molecule has 0 aliphatic carbocycles. The van der Waals surface area contributed by atoms with Gasteiger partial charge in [-0.25, -0.2) is 0 Å². The predicted octanol–water partition coefficient (Wildman–Crippen LogP) is 1.57. The van der Waals surface area contributed by atoms with Crippen LogP contribution in [0.3, 0.4) is 0 Å². The van der Waals surface area contributed by atoms with Gasteiger partial charge in [-0.1, -0.05) is 5.16 Å². The summed E-state index contributed by atoms with van der Waals surface area (Å²) in [7, 11) is 1.52. The Balaban J connectivity index is 1.95. The summed E-state index contributed by atoms with van der Waals surface area (Å²) in [5.41, 5.74) is 0.880. The van der Waals surface area contributed by atoms with Gasteiger partial charge in [0.2, 0.25) is 5.91 Å². The third kappa shape index (κ3) is 3.70. The van der Waals surface area contributed by atoms with Crippen molar-refractivity contribution < 1.29 is 14.1 Å². The fraction of sp³-hybridized carbons (Fsp3) is 0.200. The second-order valence-corrected chi connectivity index (χ2v) is 4.72. The van der Waals surface area contributed by atoms with E-state index in [0.29, 0.717) is 22.7 Å². The number of rotatable bonds is 4. The smallest absolute Gasteiger partial charge is 0.254 e. The Labute approximate surface area is 127 Å². The minimum Gasteiger partial charge on any atom is -0.360 e. The first-order chi connectivity index (χ1) is 10.5. The van der Waals surface area contributed by atoms with Crippen LogP contribution in [0.25, 0.3) is 0 Å². The molecule has 1 aromatic heterocycles. The highest BCUT2D eigenvalue weighted by molar-refractivity contribution is 5.98. The number of nitrogens with zero attached hydrogens (tertiary/aromatic N) is 3. The van der Waals surface area contributed by atoms with Gasteiger partial charge in [-0.05, 0) is 31.2 Å². The van der Waals surface area contributed by atoms with Crippen LogP contribution in [-0.4, -0.2) is 35.5 Å². The molecule has 0 unspecified atom stereocenters. The first-order valence-electron chi connectivity index (χ1n) is 6.48. The number of nitriles is 1. The maximum absolute atomic E-state index is 12.2. The molecule has 22 heavy (non-hydrogen) atoms. The molecular weight excluding hydrogens is 284 g/mol. The standard InChI is InChI=1S/C15H14N4O3/c1-10-7-13(18-22-10)17-14(20)9-19(2)15(21)12-5-3-11(8-16)4-6-12/h3-7H,9H2,1-2H3,(H,17,18,20). The van der Waals surface area contributed by atoms with Gasteiger partial charge < -0.3 is 14.7 Å². The lowest BCUT2D eigenvalue weighted by molar-refractivity contribution is -0.116. The number of anilines is 1. The van der Waals surface area contributed by atoms with E-state index in [2.05, 4.69) is 10.5 Å². The quantitative estimate of drug-likeness (QED) is 0.923. The molecule has 7 nitrogen and oxygen atoms in total. The van der Waals surface area contributed by atoms with Crippen molar-refractivity contribution >= 4 is 17.6 Å². The third-order valence-electron chi connectivity index (χ3n) is 2.88. The van der Waals surface area contributed by atoms with Crippen molar-refractivity contribution in [2.24, 2.45) is 0 Å². The summed E-state index contributed by atoms with van der Waals surface area (Å²) in [6.45, 7) is 1.59. The Hall–Kier alpha value is -3.14. The monoisotopic (exact) mass is 298 g/mol. The van der Waals surface area contributed by atoms with Gasteiger partial charge in [0.1, 0.15) is 5.76 Å². The largest absolute Gasteiger partial charge is 0.360 e. The minimum atomic E-state index is -0.377. The number of carbonyl (C=O) groups is 2. The molecule has 112 valence electrons. The molecule has 2 aromatic rings. The summed E-state index contributed by atoms with van der Waals surface area (Å²) >= 11 is 0. The number of amides is 2. The topological polar surface area (TPSA) is 99.2 Å². The van der Waals surface area contributed by atoms with E-state index in [1.807, 2.05) is 6.07 Å². The van der Waals surface area contributed by atoms with E-state index >= 15 is 0 Å². The summed E-state index contributed by atoms with van der Waals surface area (Å²) in [6, 6.07) is 9.78. The van der Waals surface area contributed by atoms with Crippen molar-refractivity contribution in [3.05, 3.63) is 47.2 Å². The lowest BCUT2D eigenvalue weighted by Gasteiger charge is -2.16. The first-order valence-corrected chi connectivity index (χ1v) is 6.48. The van der Waals surface area contributed by atoms with Crippen LogP contribution in [0.5, 0.6) is 0 Å². The van der Waals surface area contributed by atoms with E-state index in [4.69, 9.17) is 9.78 Å². The minimum absolute atomic E-state index is 0.120. The first kappa shape index (κ1) is 15.3.